The molecule has 94 valence electrons. The molecule has 0 aliphatic rings. The molecule has 0 bridgehead atoms. The van der Waals surface area contributed by atoms with Crippen LogP contribution in [-0.2, 0) is 0 Å². The smallest absolute Gasteiger partial charge is 0.223 e. The highest BCUT2D eigenvalue weighted by atomic mass is 35.5. The molecule has 0 fully saturated rings. The van der Waals surface area contributed by atoms with Crippen molar-refractivity contribution in [3.8, 4) is 0 Å². The fourth-order valence-corrected chi connectivity index (χ4v) is 2.23. The van der Waals surface area contributed by atoms with Crippen molar-refractivity contribution in [3.05, 3.63) is 34.6 Å². The molecule has 0 radical (unpaired) electrons. The van der Waals surface area contributed by atoms with E-state index in [0.29, 0.717) is 21.0 Å². The zero-order valence-corrected chi connectivity index (χ0v) is 11.9. The lowest BCUT2D eigenvalue weighted by atomic mass is 10.5. The van der Waals surface area contributed by atoms with Gasteiger partial charge in [0.2, 0.25) is 5.95 Å². The predicted octanol–water partition coefficient (Wildman–Crippen LogP) is 3.76. The van der Waals surface area contributed by atoms with Crippen LogP contribution in [0.2, 0.25) is 10.0 Å². The van der Waals surface area contributed by atoms with Crippen molar-refractivity contribution < 1.29 is 0 Å². The molecule has 2 aromatic heterocycles. The first kappa shape index (κ1) is 13.4. The maximum Gasteiger partial charge on any atom is 0.223 e. The van der Waals surface area contributed by atoms with Gasteiger partial charge in [-0.05, 0) is 30.8 Å². The summed E-state index contributed by atoms with van der Waals surface area (Å²) in [5.41, 5.74) is 0. The summed E-state index contributed by atoms with van der Waals surface area (Å²) in [5.74, 6) is 0.554. The molecule has 0 aliphatic carbocycles. The molecular formula is C11H10Cl2N4S. The molecule has 18 heavy (non-hydrogen) atoms. The van der Waals surface area contributed by atoms with Crippen LogP contribution in [0.25, 0.3) is 0 Å². The summed E-state index contributed by atoms with van der Waals surface area (Å²) < 4.78 is 0. The maximum atomic E-state index is 6.05. The van der Waals surface area contributed by atoms with Gasteiger partial charge in [0.05, 0.1) is 16.2 Å². The summed E-state index contributed by atoms with van der Waals surface area (Å²) in [6.07, 6.45) is 3.16. The van der Waals surface area contributed by atoms with Crippen LogP contribution >= 0.6 is 35.0 Å². The molecule has 2 rings (SSSR count). The SMILES string of the molecule is CCNc1ncc(Cl)c(Sc2ccc(Cl)cn2)n1. The molecular weight excluding hydrogens is 291 g/mol. The Morgan fingerprint density at radius 3 is 2.72 bits per heavy atom. The summed E-state index contributed by atoms with van der Waals surface area (Å²) in [5, 5.41) is 5.58. The van der Waals surface area contributed by atoms with E-state index in [9.17, 15) is 0 Å². The molecule has 4 nitrogen and oxygen atoms in total. The number of hydrogen-bond donors (Lipinski definition) is 1. The number of halogens is 2. The van der Waals surface area contributed by atoms with E-state index in [1.54, 1.807) is 18.5 Å². The standard InChI is InChI=1S/C11H10Cl2N4S/c1-2-14-11-16-6-8(13)10(17-11)18-9-4-3-7(12)5-15-9/h3-6H,2H2,1H3,(H,14,16,17). The first-order chi connectivity index (χ1) is 8.69. The van der Waals surface area contributed by atoms with Crippen LogP contribution in [0.3, 0.4) is 0 Å². The summed E-state index contributed by atoms with van der Waals surface area (Å²) in [6.45, 7) is 2.73. The molecule has 0 saturated carbocycles. The van der Waals surface area contributed by atoms with E-state index in [-0.39, 0.29) is 0 Å². The van der Waals surface area contributed by atoms with Crippen LogP contribution in [0.4, 0.5) is 5.95 Å². The lowest BCUT2D eigenvalue weighted by Crippen LogP contribution is -2.02. The van der Waals surface area contributed by atoms with Crippen molar-refractivity contribution >= 4 is 40.9 Å². The van der Waals surface area contributed by atoms with Gasteiger partial charge < -0.3 is 5.32 Å². The molecule has 0 aromatic carbocycles. The lowest BCUT2D eigenvalue weighted by Gasteiger charge is -2.05. The first-order valence-electron chi connectivity index (χ1n) is 5.25. The van der Waals surface area contributed by atoms with Gasteiger partial charge in [-0.25, -0.2) is 15.0 Å². The third-order valence-electron chi connectivity index (χ3n) is 1.95. The topological polar surface area (TPSA) is 50.7 Å². The lowest BCUT2D eigenvalue weighted by molar-refractivity contribution is 1.01. The molecule has 0 amide bonds. The zero-order valence-electron chi connectivity index (χ0n) is 9.52. The first-order valence-corrected chi connectivity index (χ1v) is 6.82. The third-order valence-corrected chi connectivity index (χ3v) is 3.52. The molecule has 0 aliphatic heterocycles. The predicted molar refractivity (Wildman–Crippen MR) is 74.6 cm³/mol. The molecule has 7 heteroatoms. The Labute approximate surface area is 119 Å². The quantitative estimate of drug-likeness (QED) is 0.871. The normalized spacial score (nSPS) is 10.4. The molecule has 0 saturated heterocycles. The van der Waals surface area contributed by atoms with Crippen molar-refractivity contribution in [1.82, 2.24) is 15.0 Å². The second-order valence-electron chi connectivity index (χ2n) is 3.29. The van der Waals surface area contributed by atoms with Crippen LogP contribution in [0, 0.1) is 0 Å². The Morgan fingerprint density at radius 2 is 2.06 bits per heavy atom. The monoisotopic (exact) mass is 300 g/mol. The Kier molecular flexibility index (Phi) is 4.63. The van der Waals surface area contributed by atoms with Gasteiger partial charge >= 0.3 is 0 Å². The number of aromatic nitrogens is 3. The minimum absolute atomic E-state index is 0.499. The summed E-state index contributed by atoms with van der Waals surface area (Å²) in [7, 11) is 0. The molecule has 1 N–H and O–H groups in total. The van der Waals surface area contributed by atoms with Gasteiger partial charge in [-0.1, -0.05) is 23.2 Å². The van der Waals surface area contributed by atoms with E-state index >= 15 is 0 Å². The highest BCUT2D eigenvalue weighted by Crippen LogP contribution is 2.30. The van der Waals surface area contributed by atoms with Crippen molar-refractivity contribution in [2.75, 3.05) is 11.9 Å². The average molecular weight is 301 g/mol. The van der Waals surface area contributed by atoms with Crippen LogP contribution in [-0.4, -0.2) is 21.5 Å². The Morgan fingerprint density at radius 1 is 1.22 bits per heavy atom. The van der Waals surface area contributed by atoms with E-state index in [1.807, 2.05) is 13.0 Å². The van der Waals surface area contributed by atoms with Crippen LogP contribution in [0.15, 0.2) is 34.6 Å². The van der Waals surface area contributed by atoms with Gasteiger partial charge in [-0.2, -0.15) is 0 Å². The zero-order chi connectivity index (χ0) is 13.0. The molecule has 0 spiro atoms. The van der Waals surface area contributed by atoms with E-state index < -0.39 is 0 Å². The maximum absolute atomic E-state index is 6.05. The van der Waals surface area contributed by atoms with Crippen LogP contribution in [0.5, 0.6) is 0 Å². The molecule has 0 unspecified atom stereocenters. The second kappa shape index (κ2) is 6.22. The molecule has 0 atom stereocenters. The fourth-order valence-electron chi connectivity index (χ4n) is 1.19. The number of rotatable bonds is 4. The second-order valence-corrected chi connectivity index (χ2v) is 5.15. The van der Waals surface area contributed by atoms with Gasteiger partial charge in [0, 0.05) is 12.7 Å². The third kappa shape index (κ3) is 3.48. The van der Waals surface area contributed by atoms with Gasteiger partial charge in [-0.15, -0.1) is 0 Å². The van der Waals surface area contributed by atoms with E-state index in [4.69, 9.17) is 23.2 Å². The van der Waals surface area contributed by atoms with Gasteiger partial charge in [0.1, 0.15) is 10.1 Å². The Bertz CT molecular complexity index is 533. The Hall–Kier alpha value is -1.04. The van der Waals surface area contributed by atoms with Gasteiger partial charge in [0.25, 0.3) is 0 Å². The number of anilines is 1. The Balaban J connectivity index is 2.22. The average Bonchev–Trinajstić information content (AvgIpc) is 2.36. The van der Waals surface area contributed by atoms with Crippen molar-refractivity contribution in [1.29, 1.82) is 0 Å². The van der Waals surface area contributed by atoms with E-state index in [1.165, 1.54) is 11.8 Å². The van der Waals surface area contributed by atoms with Crippen LogP contribution in [0.1, 0.15) is 6.92 Å². The minimum atomic E-state index is 0.499. The number of hydrogen-bond acceptors (Lipinski definition) is 5. The summed E-state index contributed by atoms with van der Waals surface area (Å²) in [6, 6.07) is 3.59. The highest BCUT2D eigenvalue weighted by molar-refractivity contribution is 7.99. The van der Waals surface area contributed by atoms with Crippen molar-refractivity contribution in [3.63, 3.8) is 0 Å². The highest BCUT2D eigenvalue weighted by Gasteiger charge is 2.08. The number of nitrogens with one attached hydrogen (secondary N) is 1. The number of pyridine rings is 1. The largest absolute Gasteiger partial charge is 0.354 e. The minimum Gasteiger partial charge on any atom is -0.354 e. The van der Waals surface area contributed by atoms with Crippen molar-refractivity contribution in [2.24, 2.45) is 0 Å². The molecule has 2 heterocycles. The van der Waals surface area contributed by atoms with Crippen molar-refractivity contribution in [2.45, 2.75) is 17.0 Å². The van der Waals surface area contributed by atoms with E-state index in [2.05, 4.69) is 20.3 Å². The summed E-state index contributed by atoms with van der Waals surface area (Å²) >= 11 is 13.2. The van der Waals surface area contributed by atoms with Crippen LogP contribution < -0.4 is 5.32 Å². The molecule has 2 aromatic rings. The van der Waals surface area contributed by atoms with Gasteiger partial charge in [-0.3, -0.25) is 0 Å². The summed E-state index contributed by atoms with van der Waals surface area (Å²) in [4.78, 5) is 12.6. The number of nitrogens with zero attached hydrogens (tertiary/aromatic N) is 3. The fraction of sp³-hybridized carbons (Fsp3) is 0.182. The van der Waals surface area contributed by atoms with E-state index in [0.717, 1.165) is 11.6 Å². The van der Waals surface area contributed by atoms with Gasteiger partial charge in [0.15, 0.2) is 0 Å².